The van der Waals surface area contributed by atoms with E-state index in [1.807, 2.05) is 0 Å². The van der Waals surface area contributed by atoms with Crippen LogP contribution < -0.4 is 0 Å². The highest BCUT2D eigenvalue weighted by Gasteiger charge is 2.41. The van der Waals surface area contributed by atoms with Gasteiger partial charge in [0.1, 0.15) is 0 Å². The molecule has 0 aliphatic carbocycles. The van der Waals surface area contributed by atoms with Crippen LogP contribution in [-0.4, -0.2) is 25.0 Å². The summed E-state index contributed by atoms with van der Waals surface area (Å²) >= 11 is 3.56. The van der Waals surface area contributed by atoms with Crippen molar-refractivity contribution in [3.8, 4) is 0 Å². The maximum atomic E-state index is 6.11. The molecule has 1 spiro atoms. The molecule has 16 heavy (non-hydrogen) atoms. The molecule has 0 N–H and O–H groups in total. The minimum absolute atomic E-state index is 0.00558. The topological polar surface area (TPSA) is 12.5 Å². The molecular weight excluding hydrogens is 266 g/mol. The van der Waals surface area contributed by atoms with Gasteiger partial charge in [0.05, 0.1) is 12.2 Å². The van der Waals surface area contributed by atoms with Crippen LogP contribution >= 0.6 is 15.9 Å². The maximum absolute atomic E-state index is 6.11. The fourth-order valence-electron chi connectivity index (χ4n) is 2.79. The Hall–Kier alpha value is -0.380. The van der Waals surface area contributed by atoms with E-state index in [2.05, 4.69) is 46.1 Å². The van der Waals surface area contributed by atoms with Crippen molar-refractivity contribution >= 4 is 15.9 Å². The van der Waals surface area contributed by atoms with E-state index in [-0.39, 0.29) is 5.60 Å². The molecule has 0 aromatic heterocycles. The second-order valence-corrected chi connectivity index (χ2v) is 5.80. The molecule has 86 valence electrons. The Morgan fingerprint density at radius 3 is 2.81 bits per heavy atom. The summed E-state index contributed by atoms with van der Waals surface area (Å²) in [6.45, 7) is 3.05. The first-order valence-corrected chi connectivity index (χ1v) is 6.60. The molecule has 0 unspecified atom stereocenters. The normalized spacial score (nSPS) is 23.6. The summed E-state index contributed by atoms with van der Waals surface area (Å²) in [5, 5.41) is 0. The monoisotopic (exact) mass is 281 g/mol. The largest absolute Gasteiger partial charge is 0.365 e. The molecular formula is C13H16BrNO. The summed E-state index contributed by atoms with van der Waals surface area (Å²) < 4.78 is 7.27. The van der Waals surface area contributed by atoms with Crippen LogP contribution in [0.1, 0.15) is 24.0 Å². The number of hydrogen-bond acceptors (Lipinski definition) is 2. The van der Waals surface area contributed by atoms with Gasteiger partial charge in [-0.05, 0) is 43.1 Å². The Bertz CT molecular complexity index is 410. The predicted octanol–water partition coefficient (Wildman–Crippen LogP) is 2.90. The van der Waals surface area contributed by atoms with E-state index >= 15 is 0 Å². The van der Waals surface area contributed by atoms with Crippen molar-refractivity contribution in [3.63, 3.8) is 0 Å². The number of fused-ring (bicyclic) bond motifs is 2. The number of nitrogens with zero attached hydrogens (tertiary/aromatic N) is 1. The minimum atomic E-state index is 0.00558. The highest BCUT2D eigenvalue weighted by atomic mass is 79.9. The zero-order valence-electron chi connectivity index (χ0n) is 9.50. The average molecular weight is 282 g/mol. The van der Waals surface area contributed by atoms with Crippen molar-refractivity contribution in [2.45, 2.75) is 25.0 Å². The van der Waals surface area contributed by atoms with Crippen LogP contribution in [0, 0.1) is 0 Å². The van der Waals surface area contributed by atoms with E-state index in [0.29, 0.717) is 0 Å². The molecule has 1 aromatic rings. The van der Waals surface area contributed by atoms with Gasteiger partial charge in [-0.1, -0.05) is 22.0 Å². The van der Waals surface area contributed by atoms with Crippen molar-refractivity contribution in [2.75, 3.05) is 20.1 Å². The number of rotatable bonds is 0. The van der Waals surface area contributed by atoms with E-state index in [1.54, 1.807) is 0 Å². The van der Waals surface area contributed by atoms with Crippen LogP contribution in [0.2, 0.25) is 0 Å². The molecule has 2 aliphatic heterocycles. The lowest BCUT2D eigenvalue weighted by molar-refractivity contribution is -0.0755. The highest BCUT2D eigenvalue weighted by molar-refractivity contribution is 9.10. The smallest absolute Gasteiger partial charge is 0.0964 e. The molecule has 0 bridgehead atoms. The summed E-state index contributed by atoms with van der Waals surface area (Å²) in [6.07, 6.45) is 2.24. The van der Waals surface area contributed by atoms with Crippen molar-refractivity contribution in [1.82, 2.24) is 4.90 Å². The van der Waals surface area contributed by atoms with E-state index in [4.69, 9.17) is 4.74 Å². The summed E-state index contributed by atoms with van der Waals surface area (Å²) in [5.41, 5.74) is 2.79. The van der Waals surface area contributed by atoms with Gasteiger partial charge in [0.2, 0.25) is 0 Å². The first kappa shape index (κ1) is 10.8. The summed E-state index contributed by atoms with van der Waals surface area (Å²) in [7, 11) is 2.18. The van der Waals surface area contributed by atoms with Gasteiger partial charge in [-0.2, -0.15) is 0 Å². The maximum Gasteiger partial charge on any atom is 0.0964 e. The number of piperidine rings is 1. The fourth-order valence-corrected chi connectivity index (χ4v) is 3.15. The van der Waals surface area contributed by atoms with Crippen molar-refractivity contribution in [2.24, 2.45) is 0 Å². The molecule has 2 heterocycles. The summed E-state index contributed by atoms with van der Waals surface area (Å²) in [4.78, 5) is 2.38. The van der Waals surface area contributed by atoms with E-state index in [1.165, 1.54) is 11.1 Å². The number of ether oxygens (including phenoxy) is 1. The third kappa shape index (κ3) is 1.62. The van der Waals surface area contributed by atoms with Crippen LogP contribution in [0.3, 0.4) is 0 Å². The first-order valence-electron chi connectivity index (χ1n) is 5.81. The molecule has 0 saturated carbocycles. The second-order valence-electron chi connectivity index (χ2n) is 4.89. The SMILES string of the molecule is CN1CCC2(CC1)OCc1ccc(Br)cc12. The fraction of sp³-hybridized carbons (Fsp3) is 0.538. The van der Waals surface area contributed by atoms with Crippen molar-refractivity contribution in [1.29, 1.82) is 0 Å². The molecule has 3 heteroatoms. The van der Waals surface area contributed by atoms with Crippen LogP contribution in [0.25, 0.3) is 0 Å². The molecule has 0 atom stereocenters. The Morgan fingerprint density at radius 2 is 2.06 bits per heavy atom. The summed E-state index contributed by atoms with van der Waals surface area (Å²) in [6, 6.07) is 6.54. The van der Waals surface area contributed by atoms with E-state index in [0.717, 1.165) is 37.0 Å². The zero-order valence-corrected chi connectivity index (χ0v) is 11.1. The lowest BCUT2D eigenvalue weighted by atomic mass is 9.84. The number of likely N-dealkylation sites (tertiary alicyclic amines) is 1. The second kappa shape index (κ2) is 3.83. The van der Waals surface area contributed by atoms with Gasteiger partial charge in [0.25, 0.3) is 0 Å². The highest BCUT2D eigenvalue weighted by Crippen LogP contribution is 2.44. The molecule has 2 aliphatic rings. The summed E-state index contributed by atoms with van der Waals surface area (Å²) in [5.74, 6) is 0. The van der Waals surface area contributed by atoms with Gasteiger partial charge in [0, 0.05) is 17.6 Å². The van der Waals surface area contributed by atoms with Crippen molar-refractivity contribution < 1.29 is 4.74 Å². The Labute approximate surface area is 105 Å². The third-order valence-electron chi connectivity index (χ3n) is 3.86. The lowest BCUT2D eigenvalue weighted by Crippen LogP contribution is -2.40. The van der Waals surface area contributed by atoms with Gasteiger partial charge >= 0.3 is 0 Å². The quantitative estimate of drug-likeness (QED) is 0.725. The van der Waals surface area contributed by atoms with Gasteiger partial charge < -0.3 is 9.64 Å². The van der Waals surface area contributed by atoms with Crippen LogP contribution in [0.15, 0.2) is 22.7 Å². The van der Waals surface area contributed by atoms with Crippen LogP contribution in [0.4, 0.5) is 0 Å². The molecule has 1 aromatic carbocycles. The van der Waals surface area contributed by atoms with Gasteiger partial charge in [-0.15, -0.1) is 0 Å². The van der Waals surface area contributed by atoms with Crippen LogP contribution in [-0.2, 0) is 16.9 Å². The molecule has 3 rings (SSSR count). The Morgan fingerprint density at radius 1 is 1.31 bits per heavy atom. The third-order valence-corrected chi connectivity index (χ3v) is 4.35. The molecule has 2 nitrogen and oxygen atoms in total. The molecule has 1 saturated heterocycles. The predicted molar refractivity (Wildman–Crippen MR) is 67.3 cm³/mol. The standard InChI is InChI=1S/C13H16BrNO/c1-15-6-4-13(5-7-15)12-8-11(14)3-2-10(12)9-16-13/h2-3,8H,4-7,9H2,1H3. The van der Waals surface area contributed by atoms with E-state index in [9.17, 15) is 0 Å². The van der Waals surface area contributed by atoms with E-state index < -0.39 is 0 Å². The molecule has 1 fully saturated rings. The number of hydrogen-bond donors (Lipinski definition) is 0. The van der Waals surface area contributed by atoms with Gasteiger partial charge in [-0.25, -0.2) is 0 Å². The first-order chi connectivity index (χ1) is 7.70. The number of halogens is 1. The van der Waals surface area contributed by atoms with Gasteiger partial charge in [-0.3, -0.25) is 0 Å². The van der Waals surface area contributed by atoms with Crippen LogP contribution in [0.5, 0.6) is 0 Å². The number of benzene rings is 1. The lowest BCUT2D eigenvalue weighted by Gasteiger charge is -2.37. The molecule has 0 amide bonds. The molecule has 0 radical (unpaired) electrons. The van der Waals surface area contributed by atoms with Gasteiger partial charge in [0.15, 0.2) is 0 Å². The zero-order chi connectivity index (χ0) is 11.2. The van der Waals surface area contributed by atoms with Crippen molar-refractivity contribution in [3.05, 3.63) is 33.8 Å². The Kier molecular flexibility index (Phi) is 2.57. The average Bonchev–Trinajstić information content (AvgIpc) is 2.62. The Balaban J connectivity index is 1.98. The minimum Gasteiger partial charge on any atom is -0.365 e.